The first-order valence-electron chi connectivity index (χ1n) is 16.7. The second-order valence-electron chi connectivity index (χ2n) is 12.9. The molecule has 254 valence electrons. The summed E-state index contributed by atoms with van der Waals surface area (Å²) in [6.45, 7) is 9.84. The Morgan fingerprint density at radius 2 is 1.71 bits per heavy atom. The Morgan fingerprint density at radius 1 is 1.02 bits per heavy atom. The molecule has 2 atom stereocenters. The Bertz CT molecular complexity index is 1710. The van der Waals surface area contributed by atoms with E-state index in [1.54, 1.807) is 0 Å². The topological polar surface area (TPSA) is 97.7 Å². The van der Waals surface area contributed by atoms with Crippen molar-refractivity contribution in [2.75, 3.05) is 52.4 Å². The summed E-state index contributed by atoms with van der Waals surface area (Å²) in [5.41, 5.74) is 9.62. The van der Waals surface area contributed by atoms with Crippen molar-refractivity contribution in [3.05, 3.63) is 99.1 Å². The van der Waals surface area contributed by atoms with Crippen LogP contribution in [0.15, 0.2) is 82.3 Å². The molecule has 6 rings (SSSR count). The third-order valence-electron chi connectivity index (χ3n) is 9.51. The molecule has 0 spiro atoms. The Morgan fingerprint density at radius 3 is 2.40 bits per heavy atom. The lowest BCUT2D eigenvalue weighted by Crippen LogP contribution is -2.49. The fourth-order valence-corrected chi connectivity index (χ4v) is 8.77. The van der Waals surface area contributed by atoms with Crippen LogP contribution >= 0.6 is 39.3 Å². The first-order valence-corrected chi connectivity index (χ1v) is 18.7. The van der Waals surface area contributed by atoms with Gasteiger partial charge in [-0.15, -0.1) is 11.8 Å². The number of nitrogens with zero attached hydrogens (tertiary/aromatic N) is 3. The second kappa shape index (κ2) is 15.8. The standard InChI is InChI=1S/C37H44BrClN6O2S/c1-26-4-11-30(12-5-26)48-37(36(47)41-15-3-17-44-20-18-43(19-21-44)16-2-14-40)23-34(46)45(25-27-6-8-28(38)9-7-27)35(37)32-24-42-33-22-29(39)10-13-31(32)33/h4-13,22,24,35,42H,2-3,14-21,23,25,40H2,1H3,(H,41,47). The fraction of sp³-hybridized carbons (Fsp3) is 0.405. The van der Waals surface area contributed by atoms with Gasteiger partial charge < -0.3 is 30.7 Å². The lowest BCUT2D eigenvalue weighted by Gasteiger charge is -2.37. The van der Waals surface area contributed by atoms with Crippen LogP contribution in [-0.4, -0.2) is 88.6 Å². The third-order valence-corrected chi connectivity index (χ3v) is 11.7. The summed E-state index contributed by atoms with van der Waals surface area (Å²) in [5, 5.41) is 4.88. The van der Waals surface area contributed by atoms with Gasteiger partial charge in [0.15, 0.2) is 0 Å². The van der Waals surface area contributed by atoms with Crippen LogP contribution in [0, 0.1) is 6.92 Å². The minimum Gasteiger partial charge on any atom is -0.361 e. The number of nitrogens with two attached hydrogens (primary N) is 1. The summed E-state index contributed by atoms with van der Waals surface area (Å²) in [4.78, 5) is 40.1. The summed E-state index contributed by atoms with van der Waals surface area (Å²) in [6.07, 6.45) is 3.91. The number of hydrogen-bond donors (Lipinski definition) is 3. The Balaban J connectivity index is 1.29. The van der Waals surface area contributed by atoms with Crippen molar-refractivity contribution in [2.24, 2.45) is 5.73 Å². The van der Waals surface area contributed by atoms with Crippen LogP contribution in [0.1, 0.15) is 42.0 Å². The van der Waals surface area contributed by atoms with Crippen LogP contribution in [-0.2, 0) is 16.1 Å². The van der Waals surface area contributed by atoms with Gasteiger partial charge in [0.25, 0.3) is 0 Å². The molecule has 2 saturated heterocycles. The SMILES string of the molecule is Cc1ccc(SC2(C(=O)NCCCN3CCN(CCCN)CC3)CC(=O)N(Cc3ccc(Br)cc3)C2c2c[nH]c3cc(Cl)ccc23)cc1. The summed E-state index contributed by atoms with van der Waals surface area (Å²) in [6, 6.07) is 21.4. The number of aromatic nitrogens is 1. The van der Waals surface area contributed by atoms with Crippen molar-refractivity contribution < 1.29 is 9.59 Å². The molecule has 1 aromatic heterocycles. The van der Waals surface area contributed by atoms with E-state index in [0.29, 0.717) is 18.1 Å². The number of rotatable bonds is 13. The average Bonchev–Trinajstić information content (AvgIpc) is 3.61. The molecule has 0 saturated carbocycles. The molecular formula is C37H44BrClN6O2S. The van der Waals surface area contributed by atoms with Gasteiger partial charge in [0.1, 0.15) is 4.75 Å². The summed E-state index contributed by atoms with van der Waals surface area (Å²) in [7, 11) is 0. The molecule has 0 bridgehead atoms. The maximum absolute atomic E-state index is 14.7. The van der Waals surface area contributed by atoms with Crippen LogP contribution in [0.3, 0.4) is 0 Å². The van der Waals surface area contributed by atoms with Crippen molar-refractivity contribution in [1.82, 2.24) is 25.0 Å². The van der Waals surface area contributed by atoms with E-state index >= 15 is 0 Å². The highest BCUT2D eigenvalue weighted by molar-refractivity contribution is 9.10. The number of thioether (sulfide) groups is 1. The smallest absolute Gasteiger partial charge is 0.239 e. The Labute approximate surface area is 300 Å². The average molecular weight is 752 g/mol. The molecule has 4 aromatic rings. The zero-order chi connectivity index (χ0) is 33.7. The predicted octanol–water partition coefficient (Wildman–Crippen LogP) is 6.37. The molecule has 2 aliphatic heterocycles. The van der Waals surface area contributed by atoms with Crippen molar-refractivity contribution in [1.29, 1.82) is 0 Å². The number of halogens is 2. The molecule has 11 heteroatoms. The highest BCUT2D eigenvalue weighted by atomic mass is 79.9. The zero-order valence-corrected chi connectivity index (χ0v) is 30.5. The molecule has 2 fully saturated rings. The molecule has 8 nitrogen and oxygen atoms in total. The first kappa shape index (κ1) is 35.0. The van der Waals surface area contributed by atoms with Crippen LogP contribution in [0.4, 0.5) is 0 Å². The zero-order valence-electron chi connectivity index (χ0n) is 27.4. The quantitative estimate of drug-likeness (QED) is 0.138. The van der Waals surface area contributed by atoms with Gasteiger partial charge in [-0.25, -0.2) is 0 Å². The summed E-state index contributed by atoms with van der Waals surface area (Å²) in [5.74, 6) is -0.159. The van der Waals surface area contributed by atoms with Gasteiger partial charge >= 0.3 is 0 Å². The van der Waals surface area contributed by atoms with Crippen LogP contribution in [0.25, 0.3) is 10.9 Å². The van der Waals surface area contributed by atoms with E-state index in [1.807, 2.05) is 53.6 Å². The van der Waals surface area contributed by atoms with Crippen molar-refractivity contribution >= 4 is 62.0 Å². The number of H-pyrrole nitrogens is 1. The number of likely N-dealkylation sites (tertiary alicyclic amines) is 1. The molecule has 3 aromatic carbocycles. The van der Waals surface area contributed by atoms with Gasteiger partial charge in [-0.2, -0.15) is 0 Å². The number of aromatic amines is 1. The molecule has 4 N–H and O–H groups in total. The number of hydrogen-bond acceptors (Lipinski definition) is 6. The van der Waals surface area contributed by atoms with E-state index in [9.17, 15) is 9.59 Å². The van der Waals surface area contributed by atoms with E-state index in [0.717, 1.165) is 95.6 Å². The molecule has 48 heavy (non-hydrogen) atoms. The lowest BCUT2D eigenvalue weighted by atomic mass is 9.91. The van der Waals surface area contributed by atoms with Gasteiger partial charge in [0.2, 0.25) is 11.8 Å². The number of aryl methyl sites for hydroxylation is 1. The van der Waals surface area contributed by atoms with Gasteiger partial charge in [-0.3, -0.25) is 9.59 Å². The molecular weight excluding hydrogens is 708 g/mol. The minimum absolute atomic E-state index is 0.0477. The predicted molar refractivity (Wildman–Crippen MR) is 199 cm³/mol. The highest BCUT2D eigenvalue weighted by Crippen LogP contribution is 2.54. The maximum atomic E-state index is 14.7. The van der Waals surface area contributed by atoms with Gasteiger partial charge in [-0.1, -0.05) is 63.4 Å². The Kier molecular flexibility index (Phi) is 11.5. The fourth-order valence-electron chi connectivity index (χ4n) is 6.92. The molecule has 0 radical (unpaired) electrons. The monoisotopic (exact) mass is 750 g/mol. The largest absolute Gasteiger partial charge is 0.361 e. The van der Waals surface area contributed by atoms with E-state index in [2.05, 4.69) is 67.2 Å². The number of carbonyl (C=O) groups is 2. The van der Waals surface area contributed by atoms with Gasteiger partial charge in [-0.05, 0) is 81.4 Å². The number of piperazine rings is 1. The van der Waals surface area contributed by atoms with Crippen LogP contribution in [0.2, 0.25) is 5.02 Å². The molecule has 2 unspecified atom stereocenters. The lowest BCUT2D eigenvalue weighted by molar-refractivity contribution is -0.129. The number of carbonyl (C=O) groups excluding carboxylic acids is 2. The van der Waals surface area contributed by atoms with Crippen molar-refractivity contribution in [2.45, 2.75) is 48.4 Å². The van der Waals surface area contributed by atoms with E-state index in [1.165, 1.54) is 11.8 Å². The second-order valence-corrected chi connectivity index (χ2v) is 15.7. The molecule has 3 heterocycles. The number of fused-ring (bicyclic) bond motifs is 1. The number of benzene rings is 3. The maximum Gasteiger partial charge on any atom is 0.239 e. The summed E-state index contributed by atoms with van der Waals surface area (Å²) < 4.78 is -0.133. The van der Waals surface area contributed by atoms with Crippen LogP contribution < -0.4 is 11.1 Å². The van der Waals surface area contributed by atoms with Crippen molar-refractivity contribution in [3.8, 4) is 0 Å². The van der Waals surface area contributed by atoms with Crippen LogP contribution in [0.5, 0.6) is 0 Å². The van der Waals surface area contributed by atoms with Gasteiger partial charge in [0.05, 0.1) is 12.5 Å². The molecule has 2 amide bonds. The normalized spacial score (nSPS) is 20.5. The first-order chi connectivity index (χ1) is 23.3. The third kappa shape index (κ3) is 7.95. The molecule has 0 aliphatic carbocycles. The van der Waals surface area contributed by atoms with E-state index in [4.69, 9.17) is 17.3 Å². The van der Waals surface area contributed by atoms with E-state index in [-0.39, 0.29) is 18.2 Å². The van der Waals surface area contributed by atoms with Crippen molar-refractivity contribution in [3.63, 3.8) is 0 Å². The van der Waals surface area contributed by atoms with Gasteiger partial charge in [0, 0.05) is 76.3 Å². The minimum atomic E-state index is -1.11. The Hall–Kier alpha value is -2.86. The number of amides is 2. The van der Waals surface area contributed by atoms with E-state index < -0.39 is 10.8 Å². The highest BCUT2D eigenvalue weighted by Gasteiger charge is 2.58. The number of nitrogens with one attached hydrogen (secondary N) is 2. The molecule has 2 aliphatic rings. The summed E-state index contributed by atoms with van der Waals surface area (Å²) >= 11 is 11.4.